The van der Waals surface area contributed by atoms with Crippen LogP contribution in [0.1, 0.15) is 40.0 Å². The molecule has 2 aliphatic rings. The molecule has 0 N–H and O–H groups in total. The number of hydrogen-bond acceptors (Lipinski definition) is 0. The van der Waals surface area contributed by atoms with Crippen molar-refractivity contribution in [3.63, 3.8) is 0 Å². The van der Waals surface area contributed by atoms with E-state index in [-0.39, 0.29) is 0 Å². The molecule has 0 aromatic rings. The summed E-state index contributed by atoms with van der Waals surface area (Å²) < 4.78 is 0. The Morgan fingerprint density at radius 2 is 2.10 bits per heavy atom. The van der Waals surface area contributed by atoms with Crippen molar-refractivity contribution in [3.8, 4) is 0 Å². The lowest BCUT2D eigenvalue weighted by Crippen LogP contribution is -2.02. The molecule has 0 bridgehead atoms. The Morgan fingerprint density at radius 1 is 1.40 bits per heavy atom. The van der Waals surface area contributed by atoms with Gasteiger partial charge in [-0.15, -0.1) is 0 Å². The second-order valence-corrected chi connectivity index (χ2v) is 4.77. The van der Waals surface area contributed by atoms with Crippen LogP contribution in [0.15, 0.2) is 0 Å². The topological polar surface area (TPSA) is 0 Å². The number of hydrogen-bond donors (Lipinski definition) is 0. The Morgan fingerprint density at radius 3 is 2.40 bits per heavy atom. The number of rotatable bonds is 1. The average molecular weight is 138 g/mol. The molecular formula is C10H18. The van der Waals surface area contributed by atoms with Crippen molar-refractivity contribution in [2.75, 3.05) is 0 Å². The van der Waals surface area contributed by atoms with Gasteiger partial charge in [0.05, 0.1) is 0 Å². The molecular weight excluding hydrogens is 120 g/mol. The first kappa shape index (κ1) is 6.69. The second-order valence-electron chi connectivity index (χ2n) is 4.77. The van der Waals surface area contributed by atoms with Gasteiger partial charge in [-0.2, -0.15) is 0 Å². The van der Waals surface area contributed by atoms with Crippen LogP contribution in [0.25, 0.3) is 0 Å². The lowest BCUT2D eigenvalue weighted by atomic mass is 9.95. The average Bonchev–Trinajstić information content (AvgIpc) is 2.22. The molecule has 2 aliphatic carbocycles. The van der Waals surface area contributed by atoms with Gasteiger partial charge in [0.2, 0.25) is 0 Å². The summed E-state index contributed by atoms with van der Waals surface area (Å²) in [6.45, 7) is 7.26. The first-order valence-electron chi connectivity index (χ1n) is 4.66. The maximum atomic E-state index is 2.50. The summed E-state index contributed by atoms with van der Waals surface area (Å²) in [5, 5.41) is 0. The highest BCUT2D eigenvalue weighted by Crippen LogP contribution is 2.70. The van der Waals surface area contributed by atoms with Crippen LogP contribution in [0.4, 0.5) is 0 Å². The van der Waals surface area contributed by atoms with Crippen LogP contribution in [0, 0.1) is 23.2 Å². The third kappa shape index (κ3) is 0.627. The normalized spacial score (nSPS) is 51.6. The van der Waals surface area contributed by atoms with E-state index in [4.69, 9.17) is 0 Å². The van der Waals surface area contributed by atoms with E-state index in [2.05, 4.69) is 20.8 Å². The molecule has 0 aromatic carbocycles. The predicted octanol–water partition coefficient (Wildman–Crippen LogP) is 3.08. The van der Waals surface area contributed by atoms with Crippen LogP contribution in [0.3, 0.4) is 0 Å². The van der Waals surface area contributed by atoms with Gasteiger partial charge in [0.25, 0.3) is 0 Å². The van der Waals surface area contributed by atoms with Crippen molar-refractivity contribution in [1.29, 1.82) is 0 Å². The summed E-state index contributed by atoms with van der Waals surface area (Å²) in [5.74, 6) is 3.14. The summed E-state index contributed by atoms with van der Waals surface area (Å²) >= 11 is 0. The molecule has 0 heteroatoms. The summed E-state index contributed by atoms with van der Waals surface area (Å²) in [4.78, 5) is 0. The Balaban J connectivity index is 2.08. The van der Waals surface area contributed by atoms with Gasteiger partial charge in [-0.3, -0.25) is 0 Å². The van der Waals surface area contributed by atoms with Gasteiger partial charge in [0.1, 0.15) is 0 Å². The molecule has 2 saturated carbocycles. The first-order valence-corrected chi connectivity index (χ1v) is 4.66. The van der Waals surface area contributed by atoms with Gasteiger partial charge in [0, 0.05) is 0 Å². The third-order valence-corrected chi connectivity index (χ3v) is 3.88. The highest BCUT2D eigenvalue weighted by molar-refractivity contribution is 5.11. The predicted molar refractivity (Wildman–Crippen MR) is 43.8 cm³/mol. The highest BCUT2D eigenvalue weighted by atomic mass is 14.7. The Hall–Kier alpha value is 0. The van der Waals surface area contributed by atoms with E-state index in [9.17, 15) is 0 Å². The monoisotopic (exact) mass is 138 g/mol. The summed E-state index contributed by atoms with van der Waals surface area (Å²) in [6.07, 6.45) is 4.55. The van der Waals surface area contributed by atoms with Gasteiger partial charge >= 0.3 is 0 Å². The van der Waals surface area contributed by atoms with E-state index in [1.807, 2.05) is 0 Å². The minimum Gasteiger partial charge on any atom is -0.0625 e. The first-order chi connectivity index (χ1) is 4.66. The van der Waals surface area contributed by atoms with E-state index >= 15 is 0 Å². The molecule has 3 unspecified atom stereocenters. The molecule has 0 aromatic heterocycles. The van der Waals surface area contributed by atoms with Crippen molar-refractivity contribution >= 4 is 0 Å². The quantitative estimate of drug-likeness (QED) is 0.522. The molecule has 0 heterocycles. The summed E-state index contributed by atoms with van der Waals surface area (Å²) in [7, 11) is 0. The zero-order valence-corrected chi connectivity index (χ0v) is 7.35. The van der Waals surface area contributed by atoms with Crippen LogP contribution in [-0.4, -0.2) is 0 Å². The molecule has 58 valence electrons. The summed E-state index contributed by atoms with van der Waals surface area (Å²) in [6, 6.07) is 0. The van der Waals surface area contributed by atoms with Gasteiger partial charge in [0.15, 0.2) is 0 Å². The minimum absolute atomic E-state index is 0.800. The fourth-order valence-corrected chi connectivity index (χ4v) is 3.49. The fourth-order valence-electron chi connectivity index (χ4n) is 3.49. The second kappa shape index (κ2) is 1.78. The molecule has 3 atom stereocenters. The van der Waals surface area contributed by atoms with Gasteiger partial charge in [-0.1, -0.05) is 27.2 Å². The molecule has 0 spiro atoms. The molecule has 10 heavy (non-hydrogen) atoms. The van der Waals surface area contributed by atoms with Crippen molar-refractivity contribution in [2.45, 2.75) is 40.0 Å². The van der Waals surface area contributed by atoms with Crippen molar-refractivity contribution in [2.24, 2.45) is 23.2 Å². The molecule has 0 radical (unpaired) electrons. The lowest BCUT2D eigenvalue weighted by Gasteiger charge is -2.10. The zero-order chi connectivity index (χ0) is 7.35. The molecule has 0 aliphatic heterocycles. The van der Waals surface area contributed by atoms with Crippen molar-refractivity contribution < 1.29 is 0 Å². The largest absolute Gasteiger partial charge is 0.0625 e. The SMILES string of the molecule is CC(C)C1C2CCCC21C. The van der Waals surface area contributed by atoms with Crippen LogP contribution in [-0.2, 0) is 0 Å². The van der Waals surface area contributed by atoms with Crippen molar-refractivity contribution in [3.05, 3.63) is 0 Å². The highest BCUT2D eigenvalue weighted by Gasteiger charge is 2.63. The molecule has 2 rings (SSSR count). The smallest absolute Gasteiger partial charge is 0.0261 e. The van der Waals surface area contributed by atoms with E-state index in [1.54, 1.807) is 0 Å². The number of fused-ring (bicyclic) bond motifs is 1. The standard InChI is InChI=1S/C10H18/c1-7(2)9-8-5-4-6-10(8,9)3/h7-9H,4-6H2,1-3H3. The Labute approximate surface area is 64.0 Å². The molecule has 2 fully saturated rings. The summed E-state index contributed by atoms with van der Waals surface area (Å²) in [5.41, 5.74) is 0.800. The maximum Gasteiger partial charge on any atom is -0.0261 e. The van der Waals surface area contributed by atoms with E-state index < -0.39 is 0 Å². The van der Waals surface area contributed by atoms with Gasteiger partial charge in [-0.05, 0) is 36.0 Å². The zero-order valence-electron chi connectivity index (χ0n) is 7.35. The molecule has 0 nitrogen and oxygen atoms in total. The third-order valence-electron chi connectivity index (χ3n) is 3.88. The molecule has 0 amide bonds. The van der Waals surface area contributed by atoms with Gasteiger partial charge in [-0.25, -0.2) is 0 Å². The minimum atomic E-state index is 0.800. The van der Waals surface area contributed by atoms with Crippen LogP contribution >= 0.6 is 0 Å². The molecule has 0 saturated heterocycles. The van der Waals surface area contributed by atoms with E-state index in [0.717, 1.165) is 23.2 Å². The Kier molecular flexibility index (Phi) is 1.19. The van der Waals surface area contributed by atoms with Crippen molar-refractivity contribution in [1.82, 2.24) is 0 Å². The van der Waals surface area contributed by atoms with Crippen LogP contribution < -0.4 is 0 Å². The van der Waals surface area contributed by atoms with Crippen LogP contribution in [0.2, 0.25) is 0 Å². The van der Waals surface area contributed by atoms with Crippen LogP contribution in [0.5, 0.6) is 0 Å². The fraction of sp³-hybridized carbons (Fsp3) is 1.00. The lowest BCUT2D eigenvalue weighted by molar-refractivity contribution is 0.393. The maximum absolute atomic E-state index is 2.50. The van der Waals surface area contributed by atoms with Gasteiger partial charge < -0.3 is 0 Å². The van der Waals surface area contributed by atoms with E-state index in [0.29, 0.717) is 0 Å². The van der Waals surface area contributed by atoms with E-state index in [1.165, 1.54) is 19.3 Å². The Bertz CT molecular complexity index is 148.